The van der Waals surface area contributed by atoms with Gasteiger partial charge in [0.05, 0.1) is 11.4 Å². The second-order valence-electron chi connectivity index (χ2n) is 12.8. The number of nitrogens with zero attached hydrogens (tertiary/aromatic N) is 4. The topological polar surface area (TPSA) is 51.6 Å². The van der Waals surface area contributed by atoms with E-state index in [1.54, 1.807) is 0 Å². The Morgan fingerprint density at radius 3 is 1.16 bits per heavy atom. The molecule has 4 nitrogen and oxygen atoms in total. The summed E-state index contributed by atoms with van der Waals surface area (Å²) in [6.07, 6.45) is 7.46. The van der Waals surface area contributed by atoms with Gasteiger partial charge in [-0.2, -0.15) is 0 Å². The Balaban J connectivity index is 0.000000183. The monoisotopic (exact) mass is 769 g/mol. The van der Waals surface area contributed by atoms with Crippen LogP contribution in [-0.4, -0.2) is 19.9 Å². The van der Waals surface area contributed by atoms with Gasteiger partial charge >= 0.3 is 156 Å². The van der Waals surface area contributed by atoms with Crippen molar-refractivity contribution in [2.24, 2.45) is 0 Å². The maximum absolute atomic E-state index is 4.54. The van der Waals surface area contributed by atoms with Crippen molar-refractivity contribution in [3.05, 3.63) is 145 Å². The molecule has 0 spiro atoms. The van der Waals surface area contributed by atoms with E-state index in [1.807, 2.05) is 49.1 Å². The molecule has 0 aliphatic heterocycles. The van der Waals surface area contributed by atoms with Gasteiger partial charge in [0.2, 0.25) is 0 Å². The van der Waals surface area contributed by atoms with Crippen molar-refractivity contribution in [1.29, 1.82) is 0 Å². The number of rotatable bonds is 5. The first-order chi connectivity index (χ1) is 21.6. The van der Waals surface area contributed by atoms with Crippen LogP contribution in [0, 0.1) is 0 Å². The number of aromatic nitrogens is 4. The minimum atomic E-state index is -0.509. The molecule has 2 aromatic carbocycles. The third-order valence-electron chi connectivity index (χ3n) is 7.28. The molecular formula is C40H40IrN4. The van der Waals surface area contributed by atoms with Crippen LogP contribution >= 0.6 is 0 Å². The molecule has 0 radical (unpaired) electrons. The van der Waals surface area contributed by atoms with Gasteiger partial charge < -0.3 is 0 Å². The summed E-state index contributed by atoms with van der Waals surface area (Å²) in [6.45, 7) is 13.3. The first kappa shape index (κ1) is 32.1. The summed E-state index contributed by atoms with van der Waals surface area (Å²) >= 11 is -0.509. The van der Waals surface area contributed by atoms with Crippen molar-refractivity contribution < 1.29 is 17.7 Å². The molecule has 0 atom stereocenters. The van der Waals surface area contributed by atoms with Gasteiger partial charge in [0.1, 0.15) is 0 Å². The average molecular weight is 769 g/mol. The Bertz CT molecular complexity index is 1700. The summed E-state index contributed by atoms with van der Waals surface area (Å²) in [7, 11) is 0. The number of pyridine rings is 4. The number of benzene rings is 2. The fourth-order valence-corrected chi connectivity index (χ4v) is 7.88. The first-order valence-corrected chi connectivity index (χ1v) is 17.5. The van der Waals surface area contributed by atoms with E-state index in [1.165, 1.54) is 30.4 Å². The fourth-order valence-electron chi connectivity index (χ4n) is 4.67. The van der Waals surface area contributed by atoms with Gasteiger partial charge in [-0.05, 0) is 46.2 Å². The van der Waals surface area contributed by atoms with Crippen LogP contribution in [0.3, 0.4) is 0 Å². The van der Waals surface area contributed by atoms with Crippen LogP contribution in [0.1, 0.15) is 52.7 Å². The van der Waals surface area contributed by atoms with E-state index in [4.69, 9.17) is 0 Å². The van der Waals surface area contributed by atoms with Crippen molar-refractivity contribution in [3.8, 4) is 33.9 Å². The molecule has 6 rings (SSSR count). The zero-order valence-corrected chi connectivity index (χ0v) is 29.2. The predicted octanol–water partition coefficient (Wildman–Crippen LogP) is 8.58. The zero-order valence-electron chi connectivity index (χ0n) is 26.8. The Labute approximate surface area is 276 Å². The molecule has 0 fully saturated rings. The molecule has 4 aromatic heterocycles. The van der Waals surface area contributed by atoms with E-state index < -0.39 is 17.7 Å². The van der Waals surface area contributed by atoms with Crippen molar-refractivity contribution in [2.75, 3.05) is 0 Å². The average Bonchev–Trinajstić information content (AvgIpc) is 3.06. The Morgan fingerprint density at radius 1 is 0.400 bits per heavy atom. The molecule has 45 heavy (non-hydrogen) atoms. The summed E-state index contributed by atoms with van der Waals surface area (Å²) in [6, 6.07) is 37.8. The molecule has 0 aliphatic carbocycles. The first-order valence-electron chi connectivity index (χ1n) is 15.1. The normalized spacial score (nSPS) is 11.5. The second kappa shape index (κ2) is 14.2. The van der Waals surface area contributed by atoms with Crippen molar-refractivity contribution in [1.82, 2.24) is 19.9 Å². The number of hydrogen-bond donors (Lipinski definition) is 0. The SMILES string of the molecule is CC(C)(C)c1ccnc(-c2cc(C(C)(C)C)ccn2)c1.c1ccc(-c2cccc[c]2[Ir][c]2ccccc2-c2ccccn2)nc1. The van der Waals surface area contributed by atoms with Gasteiger partial charge in [-0.15, -0.1) is 0 Å². The zero-order chi connectivity index (χ0) is 31.9. The molecule has 4 heterocycles. The van der Waals surface area contributed by atoms with E-state index >= 15 is 0 Å². The van der Waals surface area contributed by atoms with Crippen molar-refractivity contribution in [2.45, 2.75) is 52.4 Å². The van der Waals surface area contributed by atoms with Gasteiger partial charge in [0.15, 0.2) is 0 Å². The quantitative estimate of drug-likeness (QED) is 0.177. The van der Waals surface area contributed by atoms with E-state index in [0.717, 1.165) is 22.8 Å². The van der Waals surface area contributed by atoms with E-state index in [9.17, 15) is 0 Å². The van der Waals surface area contributed by atoms with Gasteiger partial charge in [0.25, 0.3) is 0 Å². The van der Waals surface area contributed by atoms with E-state index in [-0.39, 0.29) is 10.8 Å². The third kappa shape index (κ3) is 8.45. The molecule has 0 amide bonds. The summed E-state index contributed by atoms with van der Waals surface area (Å²) < 4.78 is 2.79. The third-order valence-corrected chi connectivity index (χ3v) is 10.7. The van der Waals surface area contributed by atoms with Crippen LogP contribution in [0.5, 0.6) is 0 Å². The standard InChI is InChI=1S/C18H24N2.2C11H8N.Ir/c1-17(2,3)13-7-9-19-15(11-13)16-12-14(8-10-20-16)18(4,5)6;2*1-2-6-10(7-3-1)11-8-4-5-9-12-11;/h7-12H,1-6H3;2*1-6,8-9H;. The molecule has 6 aromatic rings. The molecule has 0 N–H and O–H groups in total. The van der Waals surface area contributed by atoms with E-state index in [2.05, 4.69) is 146 Å². The van der Waals surface area contributed by atoms with Crippen LogP contribution in [0.2, 0.25) is 0 Å². The van der Waals surface area contributed by atoms with Crippen molar-refractivity contribution >= 4 is 8.15 Å². The van der Waals surface area contributed by atoms with Crippen LogP contribution in [0.25, 0.3) is 33.9 Å². The number of hydrogen-bond acceptors (Lipinski definition) is 4. The van der Waals surface area contributed by atoms with Crippen molar-refractivity contribution in [3.63, 3.8) is 0 Å². The predicted molar refractivity (Wildman–Crippen MR) is 183 cm³/mol. The van der Waals surface area contributed by atoms with Gasteiger partial charge in [-0.3, -0.25) is 9.97 Å². The Morgan fingerprint density at radius 2 is 0.778 bits per heavy atom. The summed E-state index contributed by atoms with van der Waals surface area (Å²) in [4.78, 5) is 18.0. The Hall–Kier alpha value is -4.31. The molecule has 0 saturated carbocycles. The molecule has 0 aliphatic rings. The van der Waals surface area contributed by atoms with Crippen LogP contribution < -0.4 is 8.15 Å². The minimum absolute atomic E-state index is 0.124. The van der Waals surface area contributed by atoms with Crippen LogP contribution in [0.4, 0.5) is 0 Å². The summed E-state index contributed by atoms with van der Waals surface area (Å²) in [5, 5.41) is 0. The molecule has 0 unspecified atom stereocenters. The van der Waals surface area contributed by atoms with Crippen LogP contribution in [0.15, 0.2) is 134 Å². The Kier molecular flexibility index (Phi) is 10.1. The van der Waals surface area contributed by atoms with Crippen LogP contribution in [-0.2, 0) is 28.5 Å². The van der Waals surface area contributed by atoms with E-state index in [0.29, 0.717) is 0 Å². The van der Waals surface area contributed by atoms with Gasteiger partial charge in [-0.1, -0.05) is 41.5 Å². The van der Waals surface area contributed by atoms with Gasteiger partial charge in [-0.25, -0.2) is 0 Å². The summed E-state index contributed by atoms with van der Waals surface area (Å²) in [5.74, 6) is 0. The molecule has 0 bridgehead atoms. The molecule has 229 valence electrons. The molecular weight excluding hydrogens is 729 g/mol. The van der Waals surface area contributed by atoms with Gasteiger partial charge in [0, 0.05) is 12.4 Å². The maximum atomic E-state index is 4.54. The fraction of sp³-hybridized carbons (Fsp3) is 0.200. The second-order valence-corrected chi connectivity index (χ2v) is 16.0. The summed E-state index contributed by atoms with van der Waals surface area (Å²) in [5.41, 5.74) is 9.26. The molecule has 0 saturated heterocycles. The molecule has 5 heteroatoms.